The number of carboxylic acid groups (broad SMARTS) is 1. The fraction of sp³-hybridized carbons (Fsp3) is 0.192. The molecule has 1 aromatic heterocycles. The number of halogens is 1. The molecule has 0 atom stereocenters. The van der Waals surface area contributed by atoms with Crippen molar-refractivity contribution in [2.24, 2.45) is 0 Å². The number of ether oxygens (including phenoxy) is 3. The molecular formula is C26H22ClN5O6S. The van der Waals surface area contributed by atoms with E-state index in [-0.39, 0.29) is 56.0 Å². The van der Waals surface area contributed by atoms with E-state index in [2.05, 4.69) is 16.4 Å². The monoisotopic (exact) mass is 567 g/mol. The Morgan fingerprint density at radius 1 is 1.08 bits per heavy atom. The number of aromatic carboxylic acids is 1. The summed E-state index contributed by atoms with van der Waals surface area (Å²) in [6, 6.07) is 11.4. The quantitative estimate of drug-likeness (QED) is 0.292. The minimum absolute atomic E-state index is 0.000103. The third-order valence-corrected chi connectivity index (χ3v) is 6.72. The van der Waals surface area contributed by atoms with Crippen molar-refractivity contribution in [1.29, 1.82) is 10.5 Å². The van der Waals surface area contributed by atoms with E-state index in [0.717, 1.165) is 11.8 Å². The molecule has 2 aromatic carbocycles. The van der Waals surface area contributed by atoms with Crippen LogP contribution in [-0.2, 0) is 4.79 Å². The predicted octanol–water partition coefficient (Wildman–Crippen LogP) is 4.57. The molecule has 13 heteroatoms. The first kappa shape index (κ1) is 28.9. The van der Waals surface area contributed by atoms with E-state index in [4.69, 9.17) is 31.5 Å². The SMILES string of the molecule is COc1cc(-c2c(C#N)c(N)nc(SCCC(=O)Nc3ccc(Cl)c(C(=O)O)c3)c2C#N)cc(OC)c1OC. The second kappa shape index (κ2) is 12.7. The summed E-state index contributed by atoms with van der Waals surface area (Å²) in [5, 5.41) is 32.0. The smallest absolute Gasteiger partial charge is 0.337 e. The molecule has 0 spiro atoms. The van der Waals surface area contributed by atoms with Gasteiger partial charge in [-0.25, -0.2) is 9.78 Å². The Balaban J connectivity index is 1.91. The summed E-state index contributed by atoms with van der Waals surface area (Å²) in [4.78, 5) is 28.0. The lowest BCUT2D eigenvalue weighted by atomic mass is 9.96. The zero-order valence-electron chi connectivity index (χ0n) is 21.0. The van der Waals surface area contributed by atoms with Gasteiger partial charge < -0.3 is 30.4 Å². The van der Waals surface area contributed by atoms with Crippen LogP contribution in [-0.4, -0.2) is 49.0 Å². The van der Waals surface area contributed by atoms with E-state index < -0.39 is 11.9 Å². The van der Waals surface area contributed by atoms with Crippen LogP contribution in [0.4, 0.5) is 11.5 Å². The van der Waals surface area contributed by atoms with E-state index in [1.165, 1.54) is 39.5 Å². The first-order valence-electron chi connectivity index (χ1n) is 11.1. The molecule has 0 fully saturated rings. The number of nitriles is 2. The Morgan fingerprint density at radius 2 is 1.72 bits per heavy atom. The van der Waals surface area contributed by atoms with Crippen molar-refractivity contribution >= 4 is 46.7 Å². The molecule has 0 saturated heterocycles. The highest BCUT2D eigenvalue weighted by Crippen LogP contribution is 2.44. The highest BCUT2D eigenvalue weighted by Gasteiger charge is 2.24. The molecule has 0 unspecified atom stereocenters. The van der Waals surface area contributed by atoms with Crippen LogP contribution in [0.1, 0.15) is 27.9 Å². The van der Waals surface area contributed by atoms with Gasteiger partial charge in [0.1, 0.15) is 28.5 Å². The fourth-order valence-corrected chi connectivity index (χ4v) is 4.78. The Hall–Kier alpha value is -4.65. The maximum absolute atomic E-state index is 12.5. The van der Waals surface area contributed by atoms with Crippen molar-refractivity contribution in [3.05, 3.63) is 52.0 Å². The topological polar surface area (TPSA) is 181 Å². The number of amides is 1. The van der Waals surface area contributed by atoms with Gasteiger partial charge in [-0.1, -0.05) is 11.6 Å². The Kier molecular flexibility index (Phi) is 9.44. The number of carboxylic acids is 1. The van der Waals surface area contributed by atoms with Crippen LogP contribution in [0.3, 0.4) is 0 Å². The van der Waals surface area contributed by atoms with Gasteiger partial charge in [-0.15, -0.1) is 11.8 Å². The molecule has 0 aliphatic rings. The van der Waals surface area contributed by atoms with Crippen molar-refractivity contribution < 1.29 is 28.9 Å². The fourth-order valence-electron chi connectivity index (χ4n) is 3.65. The van der Waals surface area contributed by atoms with Crippen molar-refractivity contribution in [1.82, 2.24) is 4.98 Å². The molecule has 1 heterocycles. The molecule has 0 aliphatic heterocycles. The second-order valence-electron chi connectivity index (χ2n) is 7.71. The molecule has 39 heavy (non-hydrogen) atoms. The number of nitrogens with zero attached hydrogens (tertiary/aromatic N) is 3. The van der Waals surface area contributed by atoms with Gasteiger partial charge >= 0.3 is 5.97 Å². The molecular weight excluding hydrogens is 546 g/mol. The summed E-state index contributed by atoms with van der Waals surface area (Å²) in [6.07, 6.45) is 0.00165. The molecule has 4 N–H and O–H groups in total. The van der Waals surface area contributed by atoms with Crippen molar-refractivity contribution in [3.63, 3.8) is 0 Å². The lowest BCUT2D eigenvalue weighted by Crippen LogP contribution is -2.13. The summed E-state index contributed by atoms with van der Waals surface area (Å²) >= 11 is 6.97. The minimum atomic E-state index is -1.22. The number of aromatic nitrogens is 1. The van der Waals surface area contributed by atoms with E-state index in [1.54, 1.807) is 12.1 Å². The van der Waals surface area contributed by atoms with Crippen LogP contribution in [0.25, 0.3) is 11.1 Å². The lowest BCUT2D eigenvalue weighted by molar-refractivity contribution is -0.115. The van der Waals surface area contributed by atoms with Crippen LogP contribution in [0.5, 0.6) is 17.2 Å². The highest BCUT2D eigenvalue weighted by molar-refractivity contribution is 7.99. The van der Waals surface area contributed by atoms with Gasteiger partial charge in [0.2, 0.25) is 11.7 Å². The number of nitrogens with one attached hydrogen (secondary N) is 1. The van der Waals surface area contributed by atoms with E-state index in [0.29, 0.717) is 22.8 Å². The molecule has 1 amide bonds. The lowest BCUT2D eigenvalue weighted by Gasteiger charge is -2.17. The maximum Gasteiger partial charge on any atom is 0.337 e. The first-order chi connectivity index (χ1) is 18.7. The van der Waals surface area contributed by atoms with E-state index >= 15 is 0 Å². The molecule has 0 saturated carbocycles. The van der Waals surface area contributed by atoms with Crippen LogP contribution in [0, 0.1) is 22.7 Å². The van der Waals surface area contributed by atoms with Gasteiger partial charge in [-0.3, -0.25) is 4.79 Å². The zero-order chi connectivity index (χ0) is 28.7. The molecule has 200 valence electrons. The van der Waals surface area contributed by atoms with Crippen LogP contribution in [0.15, 0.2) is 35.4 Å². The number of hydrogen-bond acceptors (Lipinski definition) is 10. The molecule has 3 aromatic rings. The summed E-state index contributed by atoms with van der Waals surface area (Å²) in [6.45, 7) is 0. The van der Waals surface area contributed by atoms with Gasteiger partial charge in [0, 0.05) is 23.4 Å². The molecule has 0 radical (unpaired) electrons. The molecule has 3 rings (SSSR count). The highest BCUT2D eigenvalue weighted by atomic mass is 35.5. The molecule has 0 aliphatic carbocycles. The number of thioether (sulfide) groups is 1. The average Bonchev–Trinajstić information content (AvgIpc) is 2.92. The molecule has 0 bridgehead atoms. The predicted molar refractivity (Wildman–Crippen MR) is 146 cm³/mol. The first-order valence-corrected chi connectivity index (χ1v) is 12.4. The van der Waals surface area contributed by atoms with Gasteiger partial charge in [-0.2, -0.15) is 10.5 Å². The third kappa shape index (κ3) is 6.26. The number of hydrogen-bond donors (Lipinski definition) is 3. The minimum Gasteiger partial charge on any atom is -0.493 e. The molecule has 11 nitrogen and oxygen atoms in total. The van der Waals surface area contributed by atoms with Gasteiger partial charge in [-0.05, 0) is 35.9 Å². The standard InChI is InChI=1S/C26H22ClN5O6S/c1-36-19-8-13(9-20(37-2)23(19)38-3)22-16(11-28)24(30)32-25(17(22)12-29)39-7-6-21(33)31-14-4-5-18(27)15(10-14)26(34)35/h4-5,8-10H,6-7H2,1-3H3,(H2,30,32)(H,31,33)(H,34,35). The van der Waals surface area contributed by atoms with Gasteiger partial charge in [0.25, 0.3) is 0 Å². The largest absolute Gasteiger partial charge is 0.493 e. The number of benzene rings is 2. The number of pyridine rings is 1. The zero-order valence-corrected chi connectivity index (χ0v) is 22.6. The number of nitrogens with two attached hydrogens (primary N) is 1. The van der Waals surface area contributed by atoms with E-state index in [9.17, 15) is 25.2 Å². The number of carbonyl (C=O) groups is 2. The van der Waals surface area contributed by atoms with Crippen LogP contribution < -0.4 is 25.3 Å². The van der Waals surface area contributed by atoms with Gasteiger partial charge in [0.05, 0.1) is 37.5 Å². The summed E-state index contributed by atoms with van der Waals surface area (Å²) in [5.41, 5.74) is 6.97. The van der Waals surface area contributed by atoms with E-state index in [1.807, 2.05) is 6.07 Å². The van der Waals surface area contributed by atoms with Crippen molar-refractivity contribution in [2.75, 3.05) is 38.1 Å². The normalized spacial score (nSPS) is 10.2. The summed E-state index contributed by atoms with van der Waals surface area (Å²) in [7, 11) is 4.34. The number of carbonyl (C=O) groups excluding carboxylic acids is 1. The number of rotatable bonds is 10. The Bertz CT molecular complexity index is 1510. The summed E-state index contributed by atoms with van der Waals surface area (Å²) < 4.78 is 16.2. The van der Waals surface area contributed by atoms with Crippen molar-refractivity contribution in [2.45, 2.75) is 11.4 Å². The number of anilines is 2. The maximum atomic E-state index is 12.5. The third-order valence-electron chi connectivity index (χ3n) is 5.42. The average molecular weight is 568 g/mol. The number of nitrogen functional groups attached to an aromatic ring is 1. The number of methoxy groups -OCH3 is 3. The van der Waals surface area contributed by atoms with Crippen LogP contribution >= 0.6 is 23.4 Å². The van der Waals surface area contributed by atoms with Gasteiger partial charge in [0.15, 0.2) is 11.5 Å². The van der Waals surface area contributed by atoms with Crippen molar-refractivity contribution in [3.8, 4) is 40.5 Å². The van der Waals surface area contributed by atoms with Crippen LogP contribution in [0.2, 0.25) is 5.02 Å². The Labute approximate surface area is 233 Å². The summed E-state index contributed by atoms with van der Waals surface area (Å²) in [5.74, 6) is -0.543. The Morgan fingerprint density at radius 3 is 2.26 bits per heavy atom. The second-order valence-corrected chi connectivity index (χ2v) is 9.20.